The average Bonchev–Trinajstić information content (AvgIpc) is 2.78. The minimum absolute atomic E-state index is 0.0156. The number of alkyl halides is 3. The molecule has 0 heterocycles. The van der Waals surface area contributed by atoms with Crippen LogP contribution in [0.2, 0.25) is 0 Å². The molecule has 0 aliphatic rings. The van der Waals surface area contributed by atoms with Crippen molar-refractivity contribution in [3.05, 3.63) is 89.5 Å². The van der Waals surface area contributed by atoms with Crippen molar-refractivity contribution in [3.63, 3.8) is 0 Å². The van der Waals surface area contributed by atoms with Gasteiger partial charge in [-0.3, -0.25) is 9.59 Å². The number of ether oxygens (including phenoxy) is 1. The van der Waals surface area contributed by atoms with Gasteiger partial charge in [-0.15, -0.1) is 0 Å². The van der Waals surface area contributed by atoms with Crippen molar-refractivity contribution >= 4 is 23.2 Å². The summed E-state index contributed by atoms with van der Waals surface area (Å²) in [5.74, 6) is -0.418. The Balaban J connectivity index is 1.67. The summed E-state index contributed by atoms with van der Waals surface area (Å²) in [6.07, 6.45) is -4.83. The number of amides is 2. The van der Waals surface area contributed by atoms with Gasteiger partial charge in [0.1, 0.15) is 5.75 Å². The summed E-state index contributed by atoms with van der Waals surface area (Å²) >= 11 is 0. The number of benzene rings is 3. The van der Waals surface area contributed by atoms with Crippen LogP contribution in [0.1, 0.15) is 34.8 Å². The highest BCUT2D eigenvalue weighted by atomic mass is 19.4. The zero-order chi connectivity index (χ0) is 24.0. The molecule has 1 unspecified atom stereocenters. The number of hydrogen-bond donors (Lipinski definition) is 2. The van der Waals surface area contributed by atoms with Crippen LogP contribution in [-0.4, -0.2) is 17.9 Å². The Bertz CT molecular complexity index is 1130. The van der Waals surface area contributed by atoms with Crippen LogP contribution < -0.4 is 15.4 Å². The number of aryl methyl sites for hydroxylation is 1. The molecule has 0 aliphatic carbocycles. The number of hydrogen-bond acceptors (Lipinski definition) is 3. The molecule has 0 saturated heterocycles. The maximum atomic E-state index is 12.9. The topological polar surface area (TPSA) is 67.4 Å². The highest BCUT2D eigenvalue weighted by molar-refractivity contribution is 6.05. The average molecular weight is 456 g/mol. The second-order valence-electron chi connectivity index (χ2n) is 7.43. The number of halogens is 3. The van der Waals surface area contributed by atoms with Crippen molar-refractivity contribution in [1.29, 1.82) is 0 Å². The number of nitrogens with one attached hydrogen (secondary N) is 2. The fraction of sp³-hybridized carbons (Fsp3) is 0.200. The largest absolute Gasteiger partial charge is 0.481 e. The second-order valence-corrected chi connectivity index (χ2v) is 7.43. The van der Waals surface area contributed by atoms with Crippen molar-refractivity contribution in [3.8, 4) is 5.75 Å². The molecule has 2 amide bonds. The Hall–Kier alpha value is -3.81. The highest BCUT2D eigenvalue weighted by Gasteiger charge is 2.30. The number of rotatable bonds is 7. The summed E-state index contributed by atoms with van der Waals surface area (Å²) < 4.78 is 44.4. The van der Waals surface area contributed by atoms with E-state index >= 15 is 0 Å². The van der Waals surface area contributed by atoms with E-state index < -0.39 is 23.8 Å². The quantitative estimate of drug-likeness (QED) is 0.454. The maximum Gasteiger partial charge on any atom is 0.416 e. The minimum atomic E-state index is -4.51. The fourth-order valence-corrected chi connectivity index (χ4v) is 3.04. The van der Waals surface area contributed by atoms with E-state index in [2.05, 4.69) is 10.6 Å². The van der Waals surface area contributed by atoms with Crippen molar-refractivity contribution in [1.82, 2.24) is 0 Å². The van der Waals surface area contributed by atoms with Crippen molar-refractivity contribution in [2.45, 2.75) is 32.5 Å². The van der Waals surface area contributed by atoms with Crippen LogP contribution in [0.5, 0.6) is 5.75 Å². The molecule has 3 aromatic rings. The molecule has 8 heteroatoms. The lowest BCUT2D eigenvalue weighted by Gasteiger charge is -2.17. The molecule has 0 saturated carbocycles. The first-order chi connectivity index (χ1) is 15.7. The second kappa shape index (κ2) is 10.2. The van der Waals surface area contributed by atoms with Gasteiger partial charge in [0.05, 0.1) is 5.56 Å². The van der Waals surface area contributed by atoms with Gasteiger partial charge in [-0.2, -0.15) is 13.2 Å². The first-order valence-corrected chi connectivity index (χ1v) is 10.3. The molecule has 0 spiro atoms. The highest BCUT2D eigenvalue weighted by Crippen LogP contribution is 2.30. The third-order valence-corrected chi connectivity index (χ3v) is 4.80. The van der Waals surface area contributed by atoms with Crippen molar-refractivity contribution in [2.75, 3.05) is 10.6 Å². The fourth-order valence-electron chi connectivity index (χ4n) is 3.04. The van der Waals surface area contributed by atoms with Gasteiger partial charge < -0.3 is 15.4 Å². The summed E-state index contributed by atoms with van der Waals surface area (Å²) in [5, 5.41) is 5.17. The smallest absolute Gasteiger partial charge is 0.416 e. The molecule has 2 N–H and O–H groups in total. The minimum Gasteiger partial charge on any atom is -0.481 e. The van der Waals surface area contributed by atoms with Gasteiger partial charge in [-0.05, 0) is 61.9 Å². The SMILES string of the molecule is CCC(Oc1ccc(C)cc1)C(=O)Nc1cccc(C(=O)Nc2cccc(C(F)(F)F)c2)c1. The molecule has 3 aromatic carbocycles. The van der Waals surface area contributed by atoms with E-state index in [0.717, 1.165) is 17.7 Å². The van der Waals surface area contributed by atoms with Gasteiger partial charge in [0, 0.05) is 16.9 Å². The first kappa shape index (κ1) is 23.8. The molecule has 33 heavy (non-hydrogen) atoms. The molecule has 3 rings (SSSR count). The van der Waals surface area contributed by atoms with Crippen LogP contribution in [0.25, 0.3) is 0 Å². The third-order valence-electron chi connectivity index (χ3n) is 4.80. The van der Waals surface area contributed by atoms with Crippen LogP contribution in [0.15, 0.2) is 72.8 Å². The van der Waals surface area contributed by atoms with E-state index in [-0.39, 0.29) is 17.2 Å². The predicted octanol–water partition coefficient (Wildman–Crippen LogP) is 6.06. The number of carbonyl (C=O) groups is 2. The molecule has 0 aliphatic heterocycles. The van der Waals surface area contributed by atoms with Crippen LogP contribution in [0, 0.1) is 6.92 Å². The Morgan fingerprint density at radius 3 is 2.18 bits per heavy atom. The molecule has 172 valence electrons. The van der Waals surface area contributed by atoms with E-state index in [1.54, 1.807) is 24.3 Å². The van der Waals surface area contributed by atoms with E-state index in [9.17, 15) is 22.8 Å². The lowest BCUT2D eigenvalue weighted by molar-refractivity contribution is -0.137. The Morgan fingerprint density at radius 1 is 0.909 bits per heavy atom. The molecule has 0 fully saturated rings. The monoisotopic (exact) mass is 456 g/mol. The lowest BCUT2D eigenvalue weighted by atomic mass is 10.1. The maximum absolute atomic E-state index is 12.9. The zero-order valence-corrected chi connectivity index (χ0v) is 18.1. The molecule has 0 radical (unpaired) electrons. The summed E-state index contributed by atoms with van der Waals surface area (Å²) in [6.45, 7) is 3.77. The lowest BCUT2D eigenvalue weighted by Crippen LogP contribution is -2.32. The Labute approximate surface area is 189 Å². The van der Waals surface area contributed by atoms with Gasteiger partial charge in [-0.25, -0.2) is 0 Å². The Morgan fingerprint density at radius 2 is 1.55 bits per heavy atom. The van der Waals surface area contributed by atoms with Crippen LogP contribution in [-0.2, 0) is 11.0 Å². The molecule has 5 nitrogen and oxygen atoms in total. The summed E-state index contributed by atoms with van der Waals surface area (Å²) in [5.41, 5.74) is 0.766. The van der Waals surface area contributed by atoms with E-state index in [1.807, 2.05) is 26.0 Å². The van der Waals surface area contributed by atoms with E-state index in [4.69, 9.17) is 4.74 Å². The van der Waals surface area contributed by atoms with E-state index in [1.165, 1.54) is 24.3 Å². The Kier molecular flexibility index (Phi) is 7.37. The summed E-state index contributed by atoms with van der Waals surface area (Å²) in [7, 11) is 0. The molecular weight excluding hydrogens is 433 g/mol. The van der Waals surface area contributed by atoms with Gasteiger partial charge in [0.25, 0.3) is 11.8 Å². The number of carbonyl (C=O) groups excluding carboxylic acids is 2. The van der Waals surface area contributed by atoms with E-state index in [0.29, 0.717) is 17.9 Å². The van der Waals surface area contributed by atoms with Crippen molar-refractivity contribution in [2.24, 2.45) is 0 Å². The van der Waals surface area contributed by atoms with Crippen molar-refractivity contribution < 1.29 is 27.5 Å². The van der Waals surface area contributed by atoms with Gasteiger partial charge in [0.2, 0.25) is 0 Å². The van der Waals surface area contributed by atoms with Crippen LogP contribution >= 0.6 is 0 Å². The zero-order valence-electron chi connectivity index (χ0n) is 18.1. The summed E-state index contributed by atoms with van der Waals surface area (Å²) in [6, 6.07) is 17.8. The van der Waals surface area contributed by atoms with Gasteiger partial charge in [-0.1, -0.05) is 36.8 Å². The normalized spacial score (nSPS) is 12.0. The third kappa shape index (κ3) is 6.58. The predicted molar refractivity (Wildman–Crippen MR) is 120 cm³/mol. The summed E-state index contributed by atoms with van der Waals surface area (Å²) in [4.78, 5) is 25.2. The van der Waals surface area contributed by atoms with Crippen LogP contribution in [0.3, 0.4) is 0 Å². The molecular formula is C25H23F3N2O3. The standard InChI is InChI=1S/C25H23F3N2O3/c1-3-22(33-21-12-10-16(2)11-13-21)24(32)30-19-8-4-6-17(14-19)23(31)29-20-9-5-7-18(15-20)25(26,27)28/h4-15,22H,3H2,1-2H3,(H,29,31)(H,30,32). The molecule has 0 aromatic heterocycles. The van der Waals surface area contributed by atoms with Gasteiger partial charge in [0.15, 0.2) is 6.10 Å². The number of anilines is 2. The van der Waals surface area contributed by atoms with Gasteiger partial charge >= 0.3 is 6.18 Å². The molecule has 0 bridgehead atoms. The van der Waals surface area contributed by atoms with Crippen LogP contribution in [0.4, 0.5) is 24.5 Å². The molecule has 1 atom stereocenters. The first-order valence-electron chi connectivity index (χ1n) is 10.3.